The fourth-order valence-electron chi connectivity index (χ4n) is 3.30. The summed E-state index contributed by atoms with van der Waals surface area (Å²) in [6.07, 6.45) is 0.470. The van der Waals surface area contributed by atoms with Crippen LogP contribution in [0.25, 0.3) is 10.9 Å². The fourth-order valence-corrected chi connectivity index (χ4v) is 3.48. The van der Waals surface area contributed by atoms with Crippen LogP contribution in [0.1, 0.15) is 24.1 Å². The number of nitrogens with one attached hydrogen (secondary N) is 1. The molecule has 3 aromatic rings. The Morgan fingerprint density at radius 3 is 2.74 bits per heavy atom. The Morgan fingerprint density at radius 1 is 1.32 bits per heavy atom. The van der Waals surface area contributed by atoms with Gasteiger partial charge in [0.1, 0.15) is 12.2 Å². The Hall–Kier alpha value is -3.33. The number of halogens is 1. The number of urea groups is 1. The minimum Gasteiger partial charge on any atom is -0.466 e. The Bertz CT molecular complexity index is 1140. The van der Waals surface area contributed by atoms with Gasteiger partial charge in [-0.05, 0) is 38.1 Å². The summed E-state index contributed by atoms with van der Waals surface area (Å²) in [5.74, 6) is 0.433. The smallest absolute Gasteiger partial charge is 0.332 e. The van der Waals surface area contributed by atoms with Crippen LogP contribution >= 0.6 is 11.6 Å². The minimum absolute atomic E-state index is 0.0117. The van der Waals surface area contributed by atoms with E-state index in [1.54, 1.807) is 37.6 Å². The van der Waals surface area contributed by atoms with E-state index in [0.29, 0.717) is 34.5 Å². The molecule has 0 bridgehead atoms. The van der Waals surface area contributed by atoms with Gasteiger partial charge in [-0.2, -0.15) is 0 Å². The maximum absolute atomic E-state index is 13.0. The average molecular weight is 446 g/mol. The van der Waals surface area contributed by atoms with Crippen LogP contribution in [0.5, 0.6) is 0 Å². The lowest BCUT2D eigenvalue weighted by molar-refractivity contribution is -0.142. The summed E-state index contributed by atoms with van der Waals surface area (Å²) in [6.45, 7) is 3.85. The molecule has 0 atom stereocenters. The number of hydrogen-bond donors (Lipinski definition) is 1. The highest BCUT2D eigenvalue weighted by Crippen LogP contribution is 2.23. The normalized spacial score (nSPS) is 10.9. The number of hydrogen-bond acceptors (Lipinski definition) is 5. The van der Waals surface area contributed by atoms with Crippen molar-refractivity contribution in [3.05, 3.63) is 46.5 Å². The summed E-state index contributed by atoms with van der Waals surface area (Å²) in [6, 6.07) is 6.70. The first-order chi connectivity index (χ1) is 14.7. The number of carbonyl (C=O) groups excluding carboxylic acids is 3. The molecule has 0 saturated carbocycles. The van der Waals surface area contributed by atoms with E-state index in [-0.39, 0.29) is 19.6 Å². The number of benzene rings is 1. The third-order valence-electron chi connectivity index (χ3n) is 5.01. The number of ether oxygens (including phenoxy) is 1. The van der Waals surface area contributed by atoms with E-state index in [2.05, 4.69) is 9.97 Å². The third kappa shape index (κ3) is 4.72. The highest BCUT2D eigenvalue weighted by Gasteiger charge is 2.25. The van der Waals surface area contributed by atoms with Gasteiger partial charge in [-0.25, -0.2) is 9.78 Å². The van der Waals surface area contributed by atoms with Gasteiger partial charge in [-0.15, -0.1) is 0 Å². The van der Waals surface area contributed by atoms with Crippen molar-refractivity contribution in [3.8, 4) is 0 Å². The van der Waals surface area contributed by atoms with Gasteiger partial charge in [0, 0.05) is 35.7 Å². The van der Waals surface area contributed by atoms with E-state index in [9.17, 15) is 14.4 Å². The molecule has 0 saturated heterocycles. The van der Waals surface area contributed by atoms with Crippen LogP contribution in [0.2, 0.25) is 5.02 Å². The maximum Gasteiger partial charge on any atom is 0.332 e. The van der Waals surface area contributed by atoms with E-state index in [0.717, 1.165) is 15.8 Å². The molecule has 0 aliphatic heterocycles. The van der Waals surface area contributed by atoms with Crippen molar-refractivity contribution in [2.75, 3.05) is 18.6 Å². The largest absolute Gasteiger partial charge is 0.466 e. The Kier molecular flexibility index (Phi) is 6.65. The third-order valence-corrected chi connectivity index (χ3v) is 5.25. The molecule has 0 spiro atoms. The lowest BCUT2D eigenvalue weighted by Crippen LogP contribution is -2.40. The number of H-pyrrole nitrogens is 1. The van der Waals surface area contributed by atoms with E-state index >= 15 is 0 Å². The van der Waals surface area contributed by atoms with Crippen LogP contribution in [0, 0.1) is 6.92 Å². The molecule has 0 aliphatic carbocycles. The van der Waals surface area contributed by atoms with Crippen molar-refractivity contribution in [3.63, 3.8) is 0 Å². The average Bonchev–Trinajstić information content (AvgIpc) is 3.26. The molecular formula is C21H24ClN5O4. The molecule has 3 rings (SSSR count). The van der Waals surface area contributed by atoms with Crippen molar-refractivity contribution in [2.45, 2.75) is 26.8 Å². The number of aromatic nitrogens is 3. The van der Waals surface area contributed by atoms with E-state index in [4.69, 9.17) is 16.3 Å². The van der Waals surface area contributed by atoms with Gasteiger partial charge in [-0.1, -0.05) is 11.6 Å². The van der Waals surface area contributed by atoms with Crippen molar-refractivity contribution in [2.24, 2.45) is 7.05 Å². The monoisotopic (exact) mass is 445 g/mol. The summed E-state index contributed by atoms with van der Waals surface area (Å²) >= 11 is 6.02. The Balaban J connectivity index is 1.79. The first-order valence-electron chi connectivity index (χ1n) is 9.69. The zero-order valence-corrected chi connectivity index (χ0v) is 18.6. The molecular weight excluding hydrogens is 422 g/mol. The summed E-state index contributed by atoms with van der Waals surface area (Å²) in [5.41, 5.74) is 2.23. The number of esters is 1. The van der Waals surface area contributed by atoms with Crippen LogP contribution < -0.4 is 4.90 Å². The van der Waals surface area contributed by atoms with Gasteiger partial charge >= 0.3 is 12.0 Å². The summed E-state index contributed by atoms with van der Waals surface area (Å²) in [5, 5.41) is 1.49. The lowest BCUT2D eigenvalue weighted by Gasteiger charge is -2.22. The zero-order valence-electron chi connectivity index (χ0n) is 17.8. The van der Waals surface area contributed by atoms with Gasteiger partial charge in [0.15, 0.2) is 5.82 Å². The molecule has 0 fully saturated rings. The van der Waals surface area contributed by atoms with Crippen molar-refractivity contribution < 1.29 is 19.1 Å². The van der Waals surface area contributed by atoms with Crippen molar-refractivity contribution >= 4 is 46.7 Å². The summed E-state index contributed by atoms with van der Waals surface area (Å²) in [7, 11) is 3.29. The number of anilines is 1. The Morgan fingerprint density at radius 2 is 2.06 bits per heavy atom. The highest BCUT2D eigenvalue weighted by molar-refractivity contribution is 6.31. The molecule has 1 N–H and O–H groups in total. The molecule has 0 aliphatic rings. The van der Waals surface area contributed by atoms with Gasteiger partial charge in [0.05, 0.1) is 18.8 Å². The van der Waals surface area contributed by atoms with Crippen LogP contribution in [0.15, 0.2) is 24.3 Å². The second-order valence-corrected chi connectivity index (χ2v) is 7.52. The van der Waals surface area contributed by atoms with Gasteiger partial charge < -0.3 is 14.3 Å². The van der Waals surface area contributed by atoms with Gasteiger partial charge in [-0.3, -0.25) is 19.4 Å². The number of amides is 3. The number of imide groups is 1. The second kappa shape index (κ2) is 9.22. The van der Waals surface area contributed by atoms with Crippen molar-refractivity contribution in [1.29, 1.82) is 0 Å². The van der Waals surface area contributed by atoms with Crippen LogP contribution in [-0.4, -0.2) is 51.5 Å². The Labute approximate surface area is 184 Å². The summed E-state index contributed by atoms with van der Waals surface area (Å²) in [4.78, 5) is 46.4. The van der Waals surface area contributed by atoms with Crippen LogP contribution in [0.3, 0.4) is 0 Å². The summed E-state index contributed by atoms with van der Waals surface area (Å²) < 4.78 is 6.70. The fraction of sp³-hybridized carbons (Fsp3) is 0.333. The van der Waals surface area contributed by atoms with Gasteiger partial charge in [0.2, 0.25) is 6.41 Å². The molecule has 31 heavy (non-hydrogen) atoms. The molecule has 10 heteroatoms. The molecule has 3 amide bonds. The molecule has 9 nitrogen and oxygen atoms in total. The van der Waals surface area contributed by atoms with Crippen molar-refractivity contribution in [1.82, 2.24) is 19.4 Å². The topological polar surface area (TPSA) is 101 Å². The SMILES string of the molecule is CCOC(=O)Cc1nc(N(C)C(=O)N(C=O)Cc2cc3cc(Cl)ccc3[nH]2)c(C)n1C. The first-order valence-corrected chi connectivity index (χ1v) is 10.1. The van der Waals surface area contributed by atoms with Gasteiger partial charge in [0.25, 0.3) is 0 Å². The van der Waals surface area contributed by atoms with Crippen LogP contribution in [0.4, 0.5) is 10.6 Å². The molecule has 2 aromatic heterocycles. The second-order valence-electron chi connectivity index (χ2n) is 7.08. The maximum atomic E-state index is 13.0. The first kappa shape index (κ1) is 22.4. The highest BCUT2D eigenvalue weighted by atomic mass is 35.5. The number of imidazole rings is 1. The van der Waals surface area contributed by atoms with E-state index < -0.39 is 12.0 Å². The predicted molar refractivity (Wildman–Crippen MR) is 117 cm³/mol. The quantitative estimate of drug-likeness (QED) is 0.444. The molecule has 164 valence electrons. The van der Waals surface area contributed by atoms with Crippen LogP contribution in [-0.2, 0) is 34.3 Å². The minimum atomic E-state index is -0.546. The van der Waals surface area contributed by atoms with E-state index in [1.165, 1.54) is 11.9 Å². The molecule has 0 radical (unpaired) electrons. The zero-order chi connectivity index (χ0) is 22.7. The lowest BCUT2D eigenvalue weighted by atomic mass is 10.2. The molecule has 2 heterocycles. The number of carbonyl (C=O) groups is 3. The predicted octanol–water partition coefficient (Wildman–Crippen LogP) is 3.18. The van der Waals surface area contributed by atoms with E-state index in [1.807, 2.05) is 12.1 Å². The number of fused-ring (bicyclic) bond motifs is 1. The number of aromatic amines is 1. The number of rotatable bonds is 7. The molecule has 0 unspecified atom stereocenters. The molecule has 1 aromatic carbocycles. The number of nitrogens with zero attached hydrogens (tertiary/aromatic N) is 4. The standard InChI is InChI=1S/C21H24ClN5O4/c1-5-31-19(29)10-18-24-20(13(2)25(18)3)26(4)21(30)27(12-28)11-16-9-14-8-15(22)6-7-17(14)23-16/h6-9,12,23H,5,10-11H2,1-4H3.